The number of aromatic nitrogens is 2. The Hall–Kier alpha value is -3.63. The van der Waals surface area contributed by atoms with E-state index in [0.29, 0.717) is 12.0 Å². The van der Waals surface area contributed by atoms with Gasteiger partial charge in [0.15, 0.2) is 0 Å². The lowest BCUT2D eigenvalue weighted by Crippen LogP contribution is -2.21. The van der Waals surface area contributed by atoms with Crippen LogP contribution in [0.15, 0.2) is 64.4 Å². The Morgan fingerprint density at radius 1 is 0.882 bits per heavy atom. The van der Waals surface area contributed by atoms with E-state index in [0.717, 1.165) is 22.9 Å². The van der Waals surface area contributed by atoms with Crippen LogP contribution < -0.4 is 5.56 Å². The monoisotopic (exact) mass is 483 g/mol. The molecule has 0 saturated carbocycles. The van der Waals surface area contributed by atoms with Crippen LogP contribution in [-0.4, -0.2) is 28.2 Å². The molecule has 0 fully saturated rings. The smallest absolute Gasteiger partial charge is 0.290 e. The highest BCUT2D eigenvalue weighted by Crippen LogP contribution is 2.32. The maximum absolute atomic E-state index is 13.2. The number of hydrogen-bond acceptors (Lipinski definition) is 2. The molecular weight excluding hydrogens is 467 g/mol. The Balaban J connectivity index is 1.73. The highest BCUT2D eigenvalue weighted by molar-refractivity contribution is 6.05. The van der Waals surface area contributed by atoms with E-state index in [2.05, 4.69) is 10.1 Å². The number of hydrogen-bond donors (Lipinski definition) is 1. The molecule has 178 valence electrons. The van der Waals surface area contributed by atoms with Crippen molar-refractivity contribution in [2.75, 3.05) is 6.54 Å². The molecule has 1 aliphatic heterocycles. The molecule has 0 saturated heterocycles. The number of aliphatic imine (C=N–C) groups is 1. The Kier molecular flexibility index (Phi) is 5.96. The van der Waals surface area contributed by atoms with Crippen molar-refractivity contribution in [1.82, 2.24) is 9.78 Å². The lowest BCUT2D eigenvalue weighted by Gasteiger charge is -2.08. The van der Waals surface area contributed by atoms with E-state index >= 15 is 0 Å². The second-order valence-electron chi connectivity index (χ2n) is 7.64. The van der Waals surface area contributed by atoms with Crippen molar-refractivity contribution in [2.24, 2.45) is 4.99 Å². The predicted molar refractivity (Wildman–Crippen MR) is 112 cm³/mol. The Bertz CT molecular complexity index is 1310. The van der Waals surface area contributed by atoms with Crippen LogP contribution in [0.25, 0.3) is 17.0 Å². The standard InChI is InChI=1S/C23H16F7N3O/c24-16-8-1-13(2-9-16)3-10-18-20(14-4-6-15(7-5-14)22(25,26)27)32-33(21(18)34)17-11-19(31-12-17)23(28,29)30/h1-2,4-9,11,32H,3,10,12H2. The summed E-state index contributed by atoms with van der Waals surface area (Å²) in [5.41, 5.74) is -1.38. The number of aromatic amines is 1. The zero-order valence-corrected chi connectivity index (χ0v) is 17.3. The van der Waals surface area contributed by atoms with Gasteiger partial charge in [-0.2, -0.15) is 26.3 Å². The summed E-state index contributed by atoms with van der Waals surface area (Å²) in [5, 5.41) is 2.74. The van der Waals surface area contributed by atoms with E-state index in [-0.39, 0.29) is 35.5 Å². The topological polar surface area (TPSA) is 50.1 Å². The van der Waals surface area contributed by atoms with Gasteiger partial charge in [-0.05, 0) is 54.3 Å². The summed E-state index contributed by atoms with van der Waals surface area (Å²) in [6, 6.07) is 9.63. The van der Waals surface area contributed by atoms with E-state index in [1.807, 2.05) is 0 Å². The van der Waals surface area contributed by atoms with Crippen LogP contribution in [0.4, 0.5) is 30.7 Å². The lowest BCUT2D eigenvalue weighted by atomic mass is 10.0. The molecule has 4 rings (SSSR count). The van der Waals surface area contributed by atoms with Crippen molar-refractivity contribution in [3.8, 4) is 11.3 Å². The Labute approximate surface area is 188 Å². The number of allylic oxidation sites excluding steroid dienone is 1. The van der Waals surface area contributed by atoms with Gasteiger partial charge in [-0.3, -0.25) is 14.9 Å². The van der Waals surface area contributed by atoms with Crippen molar-refractivity contribution < 1.29 is 30.7 Å². The second kappa shape index (κ2) is 8.62. The van der Waals surface area contributed by atoms with E-state index in [9.17, 15) is 35.5 Å². The van der Waals surface area contributed by atoms with Crippen molar-refractivity contribution in [3.05, 3.63) is 87.5 Å². The summed E-state index contributed by atoms with van der Waals surface area (Å²) in [5.74, 6) is -0.438. The van der Waals surface area contributed by atoms with Gasteiger partial charge in [0.2, 0.25) is 0 Å². The molecule has 1 aromatic heterocycles. The minimum absolute atomic E-state index is 0.0430. The van der Waals surface area contributed by atoms with Crippen LogP contribution >= 0.6 is 0 Å². The number of benzene rings is 2. The van der Waals surface area contributed by atoms with Crippen LogP contribution in [0.5, 0.6) is 0 Å². The minimum Gasteiger partial charge on any atom is -0.290 e. The molecule has 34 heavy (non-hydrogen) atoms. The van der Waals surface area contributed by atoms with Gasteiger partial charge in [-0.15, -0.1) is 0 Å². The molecule has 2 heterocycles. The summed E-state index contributed by atoms with van der Waals surface area (Å²) in [4.78, 5) is 16.5. The van der Waals surface area contributed by atoms with E-state index < -0.39 is 35.0 Å². The number of nitrogens with one attached hydrogen (secondary N) is 1. The normalized spacial score (nSPS) is 14.3. The third-order valence-electron chi connectivity index (χ3n) is 5.36. The molecule has 0 aliphatic carbocycles. The highest BCUT2D eigenvalue weighted by atomic mass is 19.4. The maximum Gasteiger partial charge on any atom is 0.432 e. The molecule has 3 aromatic rings. The van der Waals surface area contributed by atoms with Gasteiger partial charge in [0.25, 0.3) is 5.56 Å². The van der Waals surface area contributed by atoms with Crippen LogP contribution in [0.1, 0.15) is 16.7 Å². The van der Waals surface area contributed by atoms with Crippen LogP contribution in [0.3, 0.4) is 0 Å². The first-order chi connectivity index (χ1) is 15.9. The Morgan fingerprint density at radius 3 is 2.09 bits per heavy atom. The molecule has 0 amide bonds. The van der Waals surface area contributed by atoms with Gasteiger partial charge < -0.3 is 0 Å². The molecule has 0 bridgehead atoms. The summed E-state index contributed by atoms with van der Waals surface area (Å²) >= 11 is 0. The molecule has 2 aromatic carbocycles. The summed E-state index contributed by atoms with van der Waals surface area (Å²) < 4.78 is 91.9. The predicted octanol–water partition coefficient (Wildman–Crippen LogP) is 5.64. The fraction of sp³-hybridized carbons (Fsp3) is 0.217. The first kappa shape index (κ1) is 23.5. The van der Waals surface area contributed by atoms with Gasteiger partial charge in [0.1, 0.15) is 11.5 Å². The zero-order valence-electron chi connectivity index (χ0n) is 17.3. The molecule has 0 atom stereocenters. The molecule has 0 unspecified atom stereocenters. The molecule has 1 N–H and O–H groups in total. The average molecular weight is 483 g/mol. The molecule has 0 radical (unpaired) electrons. The van der Waals surface area contributed by atoms with Gasteiger partial charge in [-0.25, -0.2) is 9.07 Å². The Morgan fingerprint density at radius 2 is 1.53 bits per heavy atom. The van der Waals surface area contributed by atoms with Crippen LogP contribution in [0.2, 0.25) is 0 Å². The van der Waals surface area contributed by atoms with Crippen LogP contribution in [-0.2, 0) is 19.0 Å². The second-order valence-corrected chi connectivity index (χ2v) is 7.64. The molecule has 11 heteroatoms. The molecule has 4 nitrogen and oxygen atoms in total. The fourth-order valence-corrected chi connectivity index (χ4v) is 3.61. The number of halogens is 7. The molecule has 0 spiro atoms. The van der Waals surface area contributed by atoms with Gasteiger partial charge in [0, 0.05) is 5.56 Å². The third kappa shape index (κ3) is 4.82. The van der Waals surface area contributed by atoms with Crippen molar-refractivity contribution in [3.63, 3.8) is 0 Å². The third-order valence-corrected chi connectivity index (χ3v) is 5.36. The SMILES string of the molecule is O=c1c(CCc2ccc(F)cc2)c(-c2ccc(C(F)(F)F)cc2)[nH]n1C1=CC(C(F)(F)F)=NC1. The number of H-pyrrole nitrogens is 1. The van der Waals surface area contributed by atoms with Gasteiger partial charge in [0.05, 0.1) is 23.5 Å². The molecule has 1 aliphatic rings. The number of aryl methyl sites for hydroxylation is 1. The highest BCUT2D eigenvalue weighted by Gasteiger charge is 2.37. The first-order valence-electron chi connectivity index (χ1n) is 10.0. The summed E-state index contributed by atoms with van der Waals surface area (Å²) in [6.07, 6.45) is -8.07. The fourth-order valence-electron chi connectivity index (χ4n) is 3.61. The lowest BCUT2D eigenvalue weighted by molar-refractivity contribution is -0.137. The quantitative estimate of drug-likeness (QED) is 0.469. The zero-order chi connectivity index (χ0) is 24.7. The molecular formula is C23H16F7N3O. The minimum atomic E-state index is -4.68. The van der Waals surface area contributed by atoms with Crippen molar-refractivity contribution in [2.45, 2.75) is 25.2 Å². The number of alkyl halides is 6. The first-order valence-corrected chi connectivity index (χ1v) is 10.0. The van der Waals surface area contributed by atoms with Crippen molar-refractivity contribution in [1.29, 1.82) is 0 Å². The largest absolute Gasteiger partial charge is 0.432 e. The van der Waals surface area contributed by atoms with Crippen molar-refractivity contribution >= 4 is 11.4 Å². The van der Waals surface area contributed by atoms with E-state index in [1.54, 1.807) is 0 Å². The van der Waals surface area contributed by atoms with Crippen LogP contribution in [0, 0.1) is 5.82 Å². The van der Waals surface area contributed by atoms with E-state index in [1.165, 1.54) is 36.4 Å². The number of nitrogens with zero attached hydrogens (tertiary/aromatic N) is 2. The maximum atomic E-state index is 13.2. The van der Waals surface area contributed by atoms with E-state index in [4.69, 9.17) is 0 Å². The van der Waals surface area contributed by atoms with Gasteiger partial charge in [-0.1, -0.05) is 24.3 Å². The average Bonchev–Trinajstić information content (AvgIpc) is 3.38. The number of rotatable bonds is 5. The van der Waals surface area contributed by atoms with Gasteiger partial charge >= 0.3 is 12.4 Å². The summed E-state index contributed by atoms with van der Waals surface area (Å²) in [6.45, 7) is -0.390. The summed E-state index contributed by atoms with van der Waals surface area (Å²) in [7, 11) is 0.